The summed E-state index contributed by atoms with van der Waals surface area (Å²) in [5, 5.41) is 0.449. The van der Waals surface area contributed by atoms with Crippen molar-refractivity contribution in [2.45, 2.75) is 0 Å². The van der Waals surface area contributed by atoms with Crippen molar-refractivity contribution in [1.82, 2.24) is 0 Å². The molecule has 4 heteroatoms. The molecule has 1 rings (SSSR count). The van der Waals surface area contributed by atoms with E-state index in [9.17, 15) is 4.79 Å². The monoisotopic (exact) mass is 296 g/mol. The van der Waals surface area contributed by atoms with Gasteiger partial charge >= 0.3 is 5.97 Å². The molecule has 12 heavy (non-hydrogen) atoms. The molecule has 2 nitrogen and oxygen atoms in total. The highest BCUT2D eigenvalue weighted by Gasteiger charge is 2.11. The molecule has 0 saturated heterocycles. The van der Waals surface area contributed by atoms with Gasteiger partial charge in [-0.3, -0.25) is 0 Å². The Morgan fingerprint density at radius 2 is 2.25 bits per heavy atom. The summed E-state index contributed by atoms with van der Waals surface area (Å²) >= 11 is 7.92. The minimum atomic E-state index is -0.404. The number of halogens is 2. The molecule has 0 aliphatic carbocycles. The van der Waals surface area contributed by atoms with Gasteiger partial charge in [0.2, 0.25) is 0 Å². The van der Waals surface area contributed by atoms with Crippen LogP contribution in [-0.2, 0) is 4.74 Å². The molecule has 0 aromatic heterocycles. The third kappa shape index (κ3) is 1.90. The Kier molecular flexibility index (Phi) is 3.34. The van der Waals surface area contributed by atoms with E-state index < -0.39 is 5.97 Å². The zero-order chi connectivity index (χ0) is 9.14. The summed E-state index contributed by atoms with van der Waals surface area (Å²) in [6.07, 6.45) is 0. The summed E-state index contributed by atoms with van der Waals surface area (Å²) in [6, 6.07) is 5.23. The Morgan fingerprint density at radius 3 is 2.83 bits per heavy atom. The molecule has 0 amide bonds. The fraction of sp³-hybridized carbons (Fsp3) is 0.125. The van der Waals surface area contributed by atoms with Crippen molar-refractivity contribution in [3.8, 4) is 0 Å². The van der Waals surface area contributed by atoms with E-state index in [1.54, 1.807) is 12.1 Å². The Labute approximate surface area is 89.0 Å². The zero-order valence-corrected chi connectivity index (χ0v) is 9.22. The Bertz CT molecular complexity index is 312. The fourth-order valence-electron chi connectivity index (χ4n) is 0.771. The molecular formula is C8H6ClIO2. The Morgan fingerprint density at radius 1 is 1.58 bits per heavy atom. The SMILES string of the molecule is COC(=O)c1cccc(I)c1Cl. The lowest BCUT2D eigenvalue weighted by Crippen LogP contribution is -2.02. The molecule has 0 unspecified atom stereocenters. The van der Waals surface area contributed by atoms with Gasteiger partial charge in [-0.2, -0.15) is 0 Å². The van der Waals surface area contributed by atoms with E-state index in [1.807, 2.05) is 6.07 Å². The lowest BCUT2D eigenvalue weighted by molar-refractivity contribution is 0.0601. The van der Waals surface area contributed by atoms with Gasteiger partial charge in [0.05, 0.1) is 17.7 Å². The largest absolute Gasteiger partial charge is 0.465 e. The summed E-state index contributed by atoms with van der Waals surface area (Å²) in [7, 11) is 1.33. The van der Waals surface area contributed by atoms with Gasteiger partial charge in [-0.1, -0.05) is 17.7 Å². The smallest absolute Gasteiger partial charge is 0.339 e. The number of carbonyl (C=O) groups is 1. The topological polar surface area (TPSA) is 26.3 Å². The lowest BCUT2D eigenvalue weighted by atomic mass is 10.2. The molecule has 0 N–H and O–H groups in total. The summed E-state index contributed by atoms with van der Waals surface area (Å²) in [5.74, 6) is -0.404. The standard InChI is InChI=1S/C8H6ClIO2/c1-12-8(11)5-3-2-4-6(10)7(5)9/h2-4H,1H3. The van der Waals surface area contributed by atoms with Crippen LogP contribution in [0.1, 0.15) is 10.4 Å². The summed E-state index contributed by atoms with van der Waals surface area (Å²) in [5.41, 5.74) is 0.408. The van der Waals surface area contributed by atoms with E-state index >= 15 is 0 Å². The highest BCUT2D eigenvalue weighted by molar-refractivity contribution is 14.1. The number of methoxy groups -OCH3 is 1. The lowest BCUT2D eigenvalue weighted by Gasteiger charge is -2.02. The van der Waals surface area contributed by atoms with Crippen molar-refractivity contribution in [3.05, 3.63) is 32.4 Å². The van der Waals surface area contributed by atoms with Gasteiger partial charge in [0.1, 0.15) is 0 Å². The van der Waals surface area contributed by atoms with Crippen molar-refractivity contribution >= 4 is 40.2 Å². The quantitative estimate of drug-likeness (QED) is 0.588. The van der Waals surface area contributed by atoms with Gasteiger partial charge in [-0.25, -0.2) is 4.79 Å². The van der Waals surface area contributed by atoms with Gasteiger partial charge in [0.15, 0.2) is 0 Å². The van der Waals surface area contributed by atoms with Crippen LogP contribution in [-0.4, -0.2) is 13.1 Å². The van der Waals surface area contributed by atoms with E-state index in [-0.39, 0.29) is 0 Å². The number of esters is 1. The molecule has 0 fully saturated rings. The minimum absolute atomic E-state index is 0.404. The van der Waals surface area contributed by atoms with Crippen molar-refractivity contribution < 1.29 is 9.53 Å². The van der Waals surface area contributed by atoms with Gasteiger partial charge in [0.25, 0.3) is 0 Å². The van der Waals surface area contributed by atoms with E-state index in [0.29, 0.717) is 10.6 Å². The first kappa shape index (κ1) is 9.80. The first-order valence-corrected chi connectivity index (χ1v) is 4.65. The van der Waals surface area contributed by atoms with Crippen LogP contribution < -0.4 is 0 Å². The number of benzene rings is 1. The maximum Gasteiger partial charge on any atom is 0.339 e. The third-order valence-corrected chi connectivity index (χ3v) is 2.98. The first-order chi connectivity index (χ1) is 5.66. The molecule has 0 atom stereocenters. The number of hydrogen-bond donors (Lipinski definition) is 0. The fourth-order valence-corrected chi connectivity index (χ4v) is 1.47. The van der Waals surface area contributed by atoms with E-state index in [4.69, 9.17) is 11.6 Å². The summed E-state index contributed by atoms with van der Waals surface area (Å²) in [6.45, 7) is 0. The average molecular weight is 296 g/mol. The molecule has 64 valence electrons. The van der Waals surface area contributed by atoms with Crippen LogP contribution in [0.25, 0.3) is 0 Å². The van der Waals surface area contributed by atoms with Crippen LogP contribution in [0.5, 0.6) is 0 Å². The molecule has 0 spiro atoms. The first-order valence-electron chi connectivity index (χ1n) is 3.19. The number of hydrogen-bond acceptors (Lipinski definition) is 2. The molecule has 0 bridgehead atoms. The van der Waals surface area contributed by atoms with Crippen LogP contribution in [0.3, 0.4) is 0 Å². The average Bonchev–Trinajstić information content (AvgIpc) is 2.08. The van der Waals surface area contributed by atoms with E-state index in [2.05, 4.69) is 27.3 Å². The minimum Gasteiger partial charge on any atom is -0.465 e. The highest BCUT2D eigenvalue weighted by Crippen LogP contribution is 2.22. The van der Waals surface area contributed by atoms with Crippen LogP contribution in [0.15, 0.2) is 18.2 Å². The predicted octanol–water partition coefficient (Wildman–Crippen LogP) is 2.73. The van der Waals surface area contributed by atoms with Crippen molar-refractivity contribution in [1.29, 1.82) is 0 Å². The number of ether oxygens (including phenoxy) is 1. The Hall–Kier alpha value is -0.290. The number of rotatable bonds is 1. The van der Waals surface area contributed by atoms with Gasteiger partial charge in [-0.05, 0) is 34.7 Å². The van der Waals surface area contributed by atoms with Crippen LogP contribution in [0.2, 0.25) is 5.02 Å². The molecule has 0 saturated carbocycles. The van der Waals surface area contributed by atoms with Gasteiger partial charge in [-0.15, -0.1) is 0 Å². The molecular weight excluding hydrogens is 290 g/mol. The summed E-state index contributed by atoms with van der Waals surface area (Å²) in [4.78, 5) is 11.1. The second-order valence-electron chi connectivity index (χ2n) is 2.09. The van der Waals surface area contributed by atoms with Crippen molar-refractivity contribution in [2.75, 3.05) is 7.11 Å². The van der Waals surface area contributed by atoms with Gasteiger partial charge < -0.3 is 4.74 Å². The molecule has 1 aromatic carbocycles. The second kappa shape index (κ2) is 4.09. The zero-order valence-electron chi connectivity index (χ0n) is 6.30. The number of carbonyl (C=O) groups excluding carboxylic acids is 1. The maximum atomic E-state index is 11.1. The molecule has 0 heterocycles. The molecule has 0 aliphatic rings. The molecule has 1 aromatic rings. The maximum absolute atomic E-state index is 11.1. The second-order valence-corrected chi connectivity index (χ2v) is 3.63. The van der Waals surface area contributed by atoms with Gasteiger partial charge in [0, 0.05) is 3.57 Å². The van der Waals surface area contributed by atoms with Crippen molar-refractivity contribution in [3.63, 3.8) is 0 Å². The van der Waals surface area contributed by atoms with Crippen LogP contribution in [0, 0.1) is 3.57 Å². The predicted molar refractivity (Wildman–Crippen MR) is 55.5 cm³/mol. The Balaban J connectivity index is 3.16. The van der Waals surface area contributed by atoms with Crippen LogP contribution in [0.4, 0.5) is 0 Å². The molecule has 0 radical (unpaired) electrons. The molecule has 0 aliphatic heterocycles. The van der Waals surface area contributed by atoms with Crippen LogP contribution >= 0.6 is 34.2 Å². The van der Waals surface area contributed by atoms with E-state index in [1.165, 1.54) is 7.11 Å². The normalized spacial score (nSPS) is 9.58. The van der Waals surface area contributed by atoms with E-state index in [0.717, 1.165) is 3.57 Å². The third-order valence-electron chi connectivity index (χ3n) is 1.36. The highest BCUT2D eigenvalue weighted by atomic mass is 127. The summed E-state index contributed by atoms with van der Waals surface area (Å²) < 4.78 is 5.39. The van der Waals surface area contributed by atoms with Crippen molar-refractivity contribution in [2.24, 2.45) is 0 Å².